The average Bonchev–Trinajstić information content (AvgIpc) is 2.28. The Bertz CT molecular complexity index is 313. The van der Waals surface area contributed by atoms with E-state index in [4.69, 9.17) is 16.3 Å². The highest BCUT2D eigenvalue weighted by molar-refractivity contribution is 6.28. The first-order valence-electron chi connectivity index (χ1n) is 5.40. The molecule has 0 bridgehead atoms. The molecule has 0 saturated carbocycles. The van der Waals surface area contributed by atoms with E-state index in [0.29, 0.717) is 5.28 Å². The highest BCUT2D eigenvalue weighted by atomic mass is 35.5. The number of rotatable bonds is 3. The van der Waals surface area contributed by atoms with Crippen LogP contribution < -0.4 is 0 Å². The minimum atomic E-state index is 0.347. The number of aryl methyl sites for hydroxylation is 1. The molecule has 0 aromatic carbocycles. The topological polar surface area (TPSA) is 35.0 Å². The molecule has 2 heterocycles. The Hall–Kier alpha value is -0.670. The summed E-state index contributed by atoms with van der Waals surface area (Å²) in [6, 6.07) is 1.94. The van der Waals surface area contributed by atoms with Gasteiger partial charge in [0.25, 0.3) is 0 Å². The first-order valence-corrected chi connectivity index (χ1v) is 5.77. The van der Waals surface area contributed by atoms with E-state index < -0.39 is 0 Å². The van der Waals surface area contributed by atoms with Crippen LogP contribution in [-0.4, -0.2) is 23.2 Å². The summed E-state index contributed by atoms with van der Waals surface area (Å²) >= 11 is 5.72. The summed E-state index contributed by atoms with van der Waals surface area (Å²) < 4.78 is 5.32. The maximum atomic E-state index is 5.72. The Labute approximate surface area is 94.8 Å². The van der Waals surface area contributed by atoms with Crippen LogP contribution in [0, 0.1) is 5.92 Å². The van der Waals surface area contributed by atoms with E-state index in [1.54, 1.807) is 6.20 Å². The first kappa shape index (κ1) is 10.8. The van der Waals surface area contributed by atoms with Gasteiger partial charge in [0.05, 0.1) is 0 Å². The van der Waals surface area contributed by atoms with Crippen molar-refractivity contribution in [2.75, 3.05) is 13.2 Å². The second kappa shape index (κ2) is 5.42. The zero-order chi connectivity index (χ0) is 10.5. The van der Waals surface area contributed by atoms with Crippen LogP contribution in [0.15, 0.2) is 12.3 Å². The molecule has 0 N–H and O–H groups in total. The van der Waals surface area contributed by atoms with Gasteiger partial charge in [-0.3, -0.25) is 0 Å². The molecule has 0 radical (unpaired) electrons. The second-order valence-electron chi connectivity index (χ2n) is 3.91. The fourth-order valence-electron chi connectivity index (χ4n) is 1.90. The van der Waals surface area contributed by atoms with Gasteiger partial charge >= 0.3 is 0 Å². The Morgan fingerprint density at radius 2 is 2.20 bits per heavy atom. The molecule has 1 aromatic rings. The lowest BCUT2D eigenvalue weighted by Crippen LogP contribution is -2.16. The van der Waals surface area contributed by atoms with Crippen LogP contribution in [-0.2, 0) is 11.2 Å². The van der Waals surface area contributed by atoms with Crippen LogP contribution >= 0.6 is 11.6 Å². The molecule has 82 valence electrons. The van der Waals surface area contributed by atoms with Gasteiger partial charge in [-0.1, -0.05) is 0 Å². The van der Waals surface area contributed by atoms with Gasteiger partial charge in [0.2, 0.25) is 5.28 Å². The van der Waals surface area contributed by atoms with Gasteiger partial charge in [-0.2, -0.15) is 0 Å². The lowest BCUT2D eigenvalue weighted by atomic mass is 9.94. The van der Waals surface area contributed by atoms with Crippen molar-refractivity contribution in [2.45, 2.75) is 25.7 Å². The number of halogens is 1. The number of aromatic nitrogens is 2. The minimum absolute atomic E-state index is 0.347. The van der Waals surface area contributed by atoms with Crippen LogP contribution in [0.4, 0.5) is 0 Å². The number of hydrogen-bond donors (Lipinski definition) is 0. The predicted molar refractivity (Wildman–Crippen MR) is 58.9 cm³/mol. The maximum absolute atomic E-state index is 5.72. The third-order valence-electron chi connectivity index (χ3n) is 2.83. The monoisotopic (exact) mass is 226 g/mol. The smallest absolute Gasteiger partial charge is 0.222 e. The molecule has 1 aromatic heterocycles. The summed E-state index contributed by atoms with van der Waals surface area (Å²) in [5.41, 5.74) is 1.04. The fourth-order valence-corrected chi connectivity index (χ4v) is 2.06. The molecule has 2 rings (SSSR count). The van der Waals surface area contributed by atoms with E-state index in [2.05, 4.69) is 9.97 Å². The zero-order valence-corrected chi connectivity index (χ0v) is 9.41. The van der Waals surface area contributed by atoms with E-state index >= 15 is 0 Å². The van der Waals surface area contributed by atoms with E-state index in [1.807, 2.05) is 6.07 Å². The normalized spacial score (nSPS) is 17.9. The maximum Gasteiger partial charge on any atom is 0.222 e. The van der Waals surface area contributed by atoms with Gasteiger partial charge in [0.1, 0.15) is 0 Å². The van der Waals surface area contributed by atoms with E-state index in [-0.39, 0.29) is 0 Å². The Kier molecular flexibility index (Phi) is 3.92. The molecule has 0 spiro atoms. The van der Waals surface area contributed by atoms with Crippen molar-refractivity contribution in [2.24, 2.45) is 5.92 Å². The summed E-state index contributed by atoms with van der Waals surface area (Å²) in [5, 5.41) is 0.347. The van der Waals surface area contributed by atoms with Crippen LogP contribution in [0.1, 0.15) is 25.0 Å². The van der Waals surface area contributed by atoms with Crippen LogP contribution in [0.5, 0.6) is 0 Å². The van der Waals surface area contributed by atoms with Crippen molar-refractivity contribution < 1.29 is 4.74 Å². The molecule has 1 fully saturated rings. The number of hydrogen-bond acceptors (Lipinski definition) is 3. The summed E-state index contributed by atoms with van der Waals surface area (Å²) in [4.78, 5) is 8.05. The van der Waals surface area contributed by atoms with Crippen LogP contribution in [0.2, 0.25) is 5.28 Å². The van der Waals surface area contributed by atoms with Gasteiger partial charge in [-0.05, 0) is 49.3 Å². The van der Waals surface area contributed by atoms with Crippen molar-refractivity contribution in [3.63, 3.8) is 0 Å². The molecule has 0 atom stereocenters. The predicted octanol–water partition coefficient (Wildman–Crippen LogP) is 2.49. The lowest BCUT2D eigenvalue weighted by molar-refractivity contribution is 0.0639. The second-order valence-corrected chi connectivity index (χ2v) is 4.25. The fraction of sp³-hybridized carbons (Fsp3) is 0.636. The average molecular weight is 227 g/mol. The highest BCUT2D eigenvalue weighted by Crippen LogP contribution is 2.20. The molecule has 3 nitrogen and oxygen atoms in total. The quantitative estimate of drug-likeness (QED) is 0.743. The minimum Gasteiger partial charge on any atom is -0.381 e. The van der Waals surface area contributed by atoms with E-state index in [9.17, 15) is 0 Å². The van der Waals surface area contributed by atoms with Crippen LogP contribution in [0.3, 0.4) is 0 Å². The van der Waals surface area contributed by atoms with Gasteiger partial charge in [0, 0.05) is 25.1 Å². The Balaban J connectivity index is 1.81. The molecule has 1 saturated heterocycles. The van der Waals surface area contributed by atoms with Crippen LogP contribution in [0.25, 0.3) is 0 Å². The Morgan fingerprint density at radius 3 is 2.93 bits per heavy atom. The van der Waals surface area contributed by atoms with Gasteiger partial charge in [0.15, 0.2) is 0 Å². The molecule has 4 heteroatoms. The summed E-state index contributed by atoms with van der Waals surface area (Å²) in [5.74, 6) is 0.785. The number of nitrogens with zero attached hydrogens (tertiary/aromatic N) is 2. The third-order valence-corrected chi connectivity index (χ3v) is 3.02. The summed E-state index contributed by atoms with van der Waals surface area (Å²) in [6.07, 6.45) is 6.25. The largest absolute Gasteiger partial charge is 0.381 e. The molecule has 1 aliphatic rings. The van der Waals surface area contributed by atoms with Gasteiger partial charge in [-0.25, -0.2) is 9.97 Å². The van der Waals surface area contributed by atoms with E-state index in [1.165, 1.54) is 19.3 Å². The molecule has 15 heavy (non-hydrogen) atoms. The molecule has 0 amide bonds. The van der Waals surface area contributed by atoms with Gasteiger partial charge in [-0.15, -0.1) is 0 Å². The molecule has 0 unspecified atom stereocenters. The molecule has 0 aliphatic carbocycles. The first-order chi connectivity index (χ1) is 7.34. The standard InChI is InChI=1S/C11H15ClN2O/c12-11-13-6-3-10(14-11)2-1-9-4-7-15-8-5-9/h3,6,9H,1-2,4-5,7-8H2. The van der Waals surface area contributed by atoms with Crippen molar-refractivity contribution in [3.8, 4) is 0 Å². The van der Waals surface area contributed by atoms with E-state index in [0.717, 1.165) is 31.2 Å². The SMILES string of the molecule is Clc1nccc(CCC2CCOCC2)n1. The number of ether oxygens (including phenoxy) is 1. The molecular weight excluding hydrogens is 212 g/mol. The Morgan fingerprint density at radius 1 is 1.40 bits per heavy atom. The van der Waals surface area contributed by atoms with Gasteiger partial charge < -0.3 is 4.74 Å². The van der Waals surface area contributed by atoms with Crippen molar-refractivity contribution in [1.29, 1.82) is 0 Å². The van der Waals surface area contributed by atoms with Crippen molar-refractivity contribution >= 4 is 11.6 Å². The summed E-state index contributed by atoms with van der Waals surface area (Å²) in [7, 11) is 0. The molecular formula is C11H15ClN2O. The van der Waals surface area contributed by atoms with Crippen molar-refractivity contribution in [1.82, 2.24) is 9.97 Å². The third kappa shape index (κ3) is 3.43. The lowest BCUT2D eigenvalue weighted by Gasteiger charge is -2.21. The molecule has 1 aliphatic heterocycles. The zero-order valence-electron chi connectivity index (χ0n) is 8.66. The highest BCUT2D eigenvalue weighted by Gasteiger charge is 2.13. The van der Waals surface area contributed by atoms with Crippen molar-refractivity contribution in [3.05, 3.63) is 23.2 Å². The summed E-state index contributed by atoms with van der Waals surface area (Å²) in [6.45, 7) is 1.82.